The minimum absolute atomic E-state index is 0.0376. The SMILES string of the molecule is O=S(=O)(CCOc1ccc(F)cc1)N1CCC(c2ccco2)C1. The normalized spacial score (nSPS) is 19.1. The Balaban J connectivity index is 1.52. The van der Waals surface area contributed by atoms with E-state index in [1.807, 2.05) is 12.1 Å². The van der Waals surface area contributed by atoms with Crippen LogP contribution in [-0.2, 0) is 10.0 Å². The van der Waals surface area contributed by atoms with Gasteiger partial charge in [-0.3, -0.25) is 0 Å². The Kier molecular flexibility index (Phi) is 4.68. The van der Waals surface area contributed by atoms with Crippen LogP contribution >= 0.6 is 0 Å². The largest absolute Gasteiger partial charge is 0.492 e. The Morgan fingerprint density at radius 2 is 2.04 bits per heavy atom. The van der Waals surface area contributed by atoms with E-state index in [-0.39, 0.29) is 24.1 Å². The number of halogens is 1. The van der Waals surface area contributed by atoms with Crippen LogP contribution in [0.25, 0.3) is 0 Å². The van der Waals surface area contributed by atoms with E-state index < -0.39 is 10.0 Å². The van der Waals surface area contributed by atoms with E-state index in [1.165, 1.54) is 28.6 Å². The van der Waals surface area contributed by atoms with Crippen molar-refractivity contribution in [3.63, 3.8) is 0 Å². The van der Waals surface area contributed by atoms with Gasteiger partial charge in [-0.1, -0.05) is 0 Å². The number of hydrogen-bond donors (Lipinski definition) is 0. The molecule has 3 rings (SSSR count). The van der Waals surface area contributed by atoms with Crippen molar-refractivity contribution in [3.05, 3.63) is 54.2 Å². The molecule has 2 aromatic rings. The smallest absolute Gasteiger partial charge is 0.217 e. The molecule has 0 radical (unpaired) electrons. The van der Waals surface area contributed by atoms with E-state index in [0.29, 0.717) is 18.8 Å². The number of benzene rings is 1. The highest BCUT2D eigenvalue weighted by Gasteiger charge is 2.33. The maximum Gasteiger partial charge on any atom is 0.217 e. The summed E-state index contributed by atoms with van der Waals surface area (Å²) in [5.41, 5.74) is 0. The lowest BCUT2D eigenvalue weighted by Crippen LogP contribution is -2.32. The molecular formula is C16H18FNO4S. The quantitative estimate of drug-likeness (QED) is 0.812. The average Bonchev–Trinajstić information content (AvgIpc) is 3.20. The van der Waals surface area contributed by atoms with Crippen LogP contribution < -0.4 is 4.74 Å². The van der Waals surface area contributed by atoms with Gasteiger partial charge in [0, 0.05) is 19.0 Å². The second kappa shape index (κ2) is 6.72. The van der Waals surface area contributed by atoms with Gasteiger partial charge in [0.2, 0.25) is 10.0 Å². The fourth-order valence-electron chi connectivity index (χ4n) is 2.66. The van der Waals surface area contributed by atoms with Crippen molar-refractivity contribution < 1.29 is 22.0 Å². The number of rotatable bonds is 6. The van der Waals surface area contributed by atoms with E-state index in [1.54, 1.807) is 6.26 Å². The van der Waals surface area contributed by atoms with Gasteiger partial charge >= 0.3 is 0 Å². The van der Waals surface area contributed by atoms with Gasteiger partial charge in [-0.05, 0) is 42.8 Å². The Morgan fingerprint density at radius 3 is 2.74 bits per heavy atom. The molecule has 124 valence electrons. The van der Waals surface area contributed by atoms with Gasteiger partial charge in [-0.25, -0.2) is 17.1 Å². The molecule has 1 aliphatic rings. The van der Waals surface area contributed by atoms with Gasteiger partial charge in [0.1, 0.15) is 23.9 Å². The molecule has 1 aliphatic heterocycles. The number of sulfonamides is 1. The van der Waals surface area contributed by atoms with Crippen LogP contribution in [0.4, 0.5) is 4.39 Å². The van der Waals surface area contributed by atoms with Crippen LogP contribution in [0, 0.1) is 5.82 Å². The highest BCUT2D eigenvalue weighted by Crippen LogP contribution is 2.29. The van der Waals surface area contributed by atoms with Crippen LogP contribution in [-0.4, -0.2) is 38.2 Å². The summed E-state index contributed by atoms with van der Waals surface area (Å²) in [4.78, 5) is 0. The van der Waals surface area contributed by atoms with Crippen LogP contribution in [0.1, 0.15) is 18.1 Å². The average molecular weight is 339 g/mol. The zero-order valence-electron chi connectivity index (χ0n) is 12.5. The molecule has 23 heavy (non-hydrogen) atoms. The first-order chi connectivity index (χ1) is 11.0. The van der Waals surface area contributed by atoms with Crippen molar-refractivity contribution in [2.24, 2.45) is 0 Å². The minimum atomic E-state index is -3.37. The third kappa shape index (κ3) is 3.92. The highest BCUT2D eigenvalue weighted by molar-refractivity contribution is 7.89. The van der Waals surface area contributed by atoms with E-state index in [9.17, 15) is 12.8 Å². The predicted molar refractivity (Wildman–Crippen MR) is 83.3 cm³/mol. The monoisotopic (exact) mass is 339 g/mol. The molecule has 1 saturated heterocycles. The molecule has 1 aromatic carbocycles. The van der Waals surface area contributed by atoms with Gasteiger partial charge in [0.15, 0.2) is 0 Å². The van der Waals surface area contributed by atoms with Crippen LogP contribution in [0.15, 0.2) is 47.1 Å². The van der Waals surface area contributed by atoms with Gasteiger partial charge in [-0.2, -0.15) is 0 Å². The fraction of sp³-hybridized carbons (Fsp3) is 0.375. The van der Waals surface area contributed by atoms with Crippen molar-refractivity contribution in [1.29, 1.82) is 0 Å². The first-order valence-electron chi connectivity index (χ1n) is 7.44. The van der Waals surface area contributed by atoms with Crippen molar-refractivity contribution in [2.75, 3.05) is 25.4 Å². The van der Waals surface area contributed by atoms with E-state index >= 15 is 0 Å². The number of hydrogen-bond acceptors (Lipinski definition) is 4. The number of ether oxygens (including phenoxy) is 1. The molecule has 0 saturated carbocycles. The highest BCUT2D eigenvalue weighted by atomic mass is 32.2. The topological polar surface area (TPSA) is 59.8 Å². The fourth-order valence-corrected chi connectivity index (χ4v) is 4.00. The third-order valence-corrected chi connectivity index (χ3v) is 5.71. The molecular weight excluding hydrogens is 321 g/mol. The lowest BCUT2D eigenvalue weighted by molar-refractivity contribution is 0.336. The molecule has 1 atom stereocenters. The molecule has 2 heterocycles. The van der Waals surface area contributed by atoms with Crippen molar-refractivity contribution >= 4 is 10.0 Å². The Hall–Kier alpha value is -1.86. The maximum absolute atomic E-state index is 12.8. The predicted octanol–water partition coefficient (Wildman–Crippen LogP) is 2.62. The molecule has 0 N–H and O–H groups in total. The van der Waals surface area contributed by atoms with Gasteiger partial charge in [0.25, 0.3) is 0 Å². The zero-order chi connectivity index (χ0) is 16.3. The summed E-state index contributed by atoms with van der Waals surface area (Å²) >= 11 is 0. The molecule has 1 aromatic heterocycles. The third-order valence-electron chi connectivity index (χ3n) is 3.91. The van der Waals surface area contributed by atoms with E-state index in [2.05, 4.69) is 0 Å². The molecule has 1 unspecified atom stereocenters. The van der Waals surface area contributed by atoms with Crippen molar-refractivity contribution in [3.8, 4) is 5.75 Å². The summed E-state index contributed by atoms with van der Waals surface area (Å²) in [5.74, 6) is 0.931. The Morgan fingerprint density at radius 1 is 1.26 bits per heavy atom. The summed E-state index contributed by atoms with van der Waals surface area (Å²) in [6.45, 7) is 0.965. The summed E-state index contributed by atoms with van der Waals surface area (Å²) in [7, 11) is -3.37. The second-order valence-corrected chi connectivity index (χ2v) is 7.57. The first kappa shape index (κ1) is 16.0. The van der Waals surface area contributed by atoms with Crippen molar-refractivity contribution in [2.45, 2.75) is 12.3 Å². The zero-order valence-corrected chi connectivity index (χ0v) is 13.3. The molecule has 1 fully saturated rings. The molecule has 0 spiro atoms. The molecule has 5 nitrogen and oxygen atoms in total. The summed E-state index contributed by atoms with van der Waals surface area (Å²) in [6.07, 6.45) is 2.36. The molecule has 7 heteroatoms. The first-order valence-corrected chi connectivity index (χ1v) is 9.05. The van der Waals surface area contributed by atoms with E-state index in [4.69, 9.17) is 9.15 Å². The maximum atomic E-state index is 12.8. The Labute approximate surface area is 134 Å². The van der Waals surface area contributed by atoms with Gasteiger partial charge in [-0.15, -0.1) is 0 Å². The van der Waals surface area contributed by atoms with Gasteiger partial charge < -0.3 is 9.15 Å². The molecule has 0 aliphatic carbocycles. The lowest BCUT2D eigenvalue weighted by atomic mass is 10.1. The molecule has 0 bridgehead atoms. The van der Waals surface area contributed by atoms with Crippen molar-refractivity contribution in [1.82, 2.24) is 4.31 Å². The summed E-state index contributed by atoms with van der Waals surface area (Å²) in [6, 6.07) is 9.19. The minimum Gasteiger partial charge on any atom is -0.492 e. The molecule has 0 amide bonds. The standard InChI is InChI=1S/C16H18FNO4S/c17-14-3-5-15(6-4-14)21-10-11-23(19,20)18-8-7-13(12-18)16-2-1-9-22-16/h1-6,9,13H,7-8,10-12H2. The lowest BCUT2D eigenvalue weighted by Gasteiger charge is -2.16. The van der Waals surface area contributed by atoms with Crippen LogP contribution in [0.5, 0.6) is 5.75 Å². The Bertz CT molecular complexity index is 728. The number of furan rings is 1. The number of nitrogens with zero attached hydrogens (tertiary/aromatic N) is 1. The summed E-state index contributed by atoms with van der Waals surface area (Å²) in [5, 5.41) is 0. The van der Waals surface area contributed by atoms with Crippen LogP contribution in [0.3, 0.4) is 0 Å². The second-order valence-electron chi connectivity index (χ2n) is 5.48. The van der Waals surface area contributed by atoms with Gasteiger partial charge in [0.05, 0.1) is 12.0 Å². The van der Waals surface area contributed by atoms with E-state index in [0.717, 1.165) is 12.2 Å². The van der Waals surface area contributed by atoms with Crippen LogP contribution in [0.2, 0.25) is 0 Å². The summed E-state index contributed by atoms with van der Waals surface area (Å²) < 4.78 is 49.7.